The van der Waals surface area contributed by atoms with E-state index in [0.717, 1.165) is 6.07 Å². The third-order valence-corrected chi connectivity index (χ3v) is 10.5. The Bertz CT molecular complexity index is 2160. The zero-order valence-electron chi connectivity index (χ0n) is 28.9. The fourth-order valence-corrected chi connectivity index (χ4v) is 7.21. The number of amides is 3. The number of benzene rings is 5. The minimum Gasteiger partial charge on any atom is -0.402 e. The van der Waals surface area contributed by atoms with E-state index >= 15 is 4.39 Å². The SMILES string of the molecule is C[C@H]1c2ccc(C(=O)NCc3c(F)cc(F)cc3F)cc2N(Cc2c(F)ccc(OP(=O)(OCc3ccccc3)OCc3ccccc3)c2Cl)C(=O)N1C. The number of hydrogen-bond donors (Lipinski definition) is 1. The molecular formula is C39H33ClF4N3O6P. The molecule has 1 heterocycles. The van der Waals surface area contributed by atoms with Crippen LogP contribution in [0.5, 0.6) is 5.75 Å². The van der Waals surface area contributed by atoms with Crippen molar-refractivity contribution >= 4 is 37.0 Å². The lowest BCUT2D eigenvalue weighted by Gasteiger charge is -2.40. The second-order valence-corrected chi connectivity index (χ2v) is 14.3. The van der Waals surface area contributed by atoms with Crippen molar-refractivity contribution in [3.05, 3.63) is 165 Å². The Morgan fingerprint density at radius 2 is 1.41 bits per heavy atom. The van der Waals surface area contributed by atoms with Crippen molar-refractivity contribution in [1.29, 1.82) is 0 Å². The van der Waals surface area contributed by atoms with Gasteiger partial charge in [0.25, 0.3) is 5.91 Å². The predicted molar refractivity (Wildman–Crippen MR) is 194 cm³/mol. The molecule has 1 aliphatic rings. The first-order valence-corrected chi connectivity index (χ1v) is 18.4. The predicted octanol–water partition coefficient (Wildman–Crippen LogP) is 9.88. The second kappa shape index (κ2) is 16.4. The molecule has 1 aliphatic heterocycles. The van der Waals surface area contributed by atoms with E-state index in [-0.39, 0.29) is 40.8 Å². The Morgan fingerprint density at radius 3 is 2.00 bits per heavy atom. The van der Waals surface area contributed by atoms with Gasteiger partial charge in [0.05, 0.1) is 36.5 Å². The molecule has 0 fully saturated rings. The summed E-state index contributed by atoms with van der Waals surface area (Å²) in [4.78, 5) is 29.5. The van der Waals surface area contributed by atoms with Gasteiger partial charge in [-0.15, -0.1) is 0 Å². The van der Waals surface area contributed by atoms with Crippen LogP contribution in [-0.2, 0) is 39.9 Å². The van der Waals surface area contributed by atoms with E-state index in [1.165, 1.54) is 28.0 Å². The van der Waals surface area contributed by atoms with Crippen LogP contribution in [0.3, 0.4) is 0 Å². The number of phosphoric ester groups is 1. The molecule has 280 valence electrons. The summed E-state index contributed by atoms with van der Waals surface area (Å²) in [5, 5.41) is 2.09. The highest BCUT2D eigenvalue weighted by molar-refractivity contribution is 7.48. The Balaban J connectivity index is 1.28. The first-order chi connectivity index (χ1) is 25.8. The number of phosphoric acid groups is 1. The van der Waals surface area contributed by atoms with Gasteiger partial charge in [-0.05, 0) is 47.9 Å². The molecule has 1 atom stereocenters. The summed E-state index contributed by atoms with van der Waals surface area (Å²) >= 11 is 6.73. The number of nitrogens with one attached hydrogen (secondary N) is 1. The van der Waals surface area contributed by atoms with Crippen molar-refractivity contribution in [2.45, 2.75) is 39.3 Å². The van der Waals surface area contributed by atoms with Crippen LogP contribution in [0.4, 0.5) is 28.0 Å². The van der Waals surface area contributed by atoms with Crippen molar-refractivity contribution in [2.24, 2.45) is 0 Å². The van der Waals surface area contributed by atoms with Gasteiger partial charge in [0.1, 0.15) is 23.3 Å². The molecule has 54 heavy (non-hydrogen) atoms. The highest BCUT2D eigenvalue weighted by atomic mass is 35.5. The van der Waals surface area contributed by atoms with Crippen molar-refractivity contribution in [3.63, 3.8) is 0 Å². The minimum atomic E-state index is -4.42. The zero-order chi connectivity index (χ0) is 38.6. The van der Waals surface area contributed by atoms with Gasteiger partial charge in [0.15, 0.2) is 5.75 Å². The normalized spacial score (nSPS) is 14.2. The quantitative estimate of drug-likeness (QED) is 0.0944. The van der Waals surface area contributed by atoms with E-state index in [9.17, 15) is 27.3 Å². The lowest BCUT2D eigenvalue weighted by molar-refractivity contribution is 0.0950. The van der Waals surface area contributed by atoms with Crippen LogP contribution in [-0.4, -0.2) is 23.9 Å². The first-order valence-electron chi connectivity index (χ1n) is 16.6. The number of carbonyl (C=O) groups is 2. The Morgan fingerprint density at radius 1 is 0.815 bits per heavy atom. The second-order valence-electron chi connectivity index (χ2n) is 12.4. The van der Waals surface area contributed by atoms with E-state index in [0.29, 0.717) is 28.8 Å². The maximum atomic E-state index is 15.6. The van der Waals surface area contributed by atoms with E-state index < -0.39 is 67.7 Å². The van der Waals surface area contributed by atoms with Crippen LogP contribution in [0.25, 0.3) is 0 Å². The summed E-state index contributed by atoms with van der Waals surface area (Å²) in [5.41, 5.74) is 1.47. The molecule has 0 saturated carbocycles. The summed E-state index contributed by atoms with van der Waals surface area (Å²) in [6.07, 6.45) is 0. The lowest BCUT2D eigenvalue weighted by atomic mass is 9.98. The molecule has 0 spiro atoms. The monoisotopic (exact) mass is 781 g/mol. The summed E-state index contributed by atoms with van der Waals surface area (Å²) in [6, 6.07) is 24.4. The fraction of sp³-hybridized carbons (Fsp3) is 0.179. The third-order valence-electron chi connectivity index (χ3n) is 8.82. The molecule has 3 amide bonds. The molecule has 0 aromatic heterocycles. The molecule has 9 nitrogen and oxygen atoms in total. The van der Waals surface area contributed by atoms with Crippen LogP contribution in [0.15, 0.2) is 103 Å². The van der Waals surface area contributed by atoms with E-state index in [2.05, 4.69) is 5.32 Å². The van der Waals surface area contributed by atoms with E-state index in [1.807, 2.05) is 12.1 Å². The fourth-order valence-electron chi connectivity index (χ4n) is 5.72. The number of carbonyl (C=O) groups excluding carboxylic acids is 2. The van der Waals surface area contributed by atoms with Gasteiger partial charge in [-0.1, -0.05) is 78.3 Å². The van der Waals surface area contributed by atoms with Crippen LogP contribution in [0.2, 0.25) is 5.02 Å². The largest absolute Gasteiger partial charge is 0.530 e. The van der Waals surface area contributed by atoms with Crippen molar-refractivity contribution in [2.75, 3.05) is 11.9 Å². The third kappa shape index (κ3) is 8.61. The van der Waals surface area contributed by atoms with Crippen molar-refractivity contribution in [3.8, 4) is 5.75 Å². The number of hydrogen-bond acceptors (Lipinski definition) is 6. The summed E-state index contributed by atoms with van der Waals surface area (Å²) in [5.74, 6) is -5.24. The van der Waals surface area contributed by atoms with Crippen molar-refractivity contribution < 1.29 is 45.3 Å². The number of fused-ring (bicyclic) bond motifs is 1. The van der Waals surface area contributed by atoms with Gasteiger partial charge in [0.2, 0.25) is 0 Å². The summed E-state index contributed by atoms with van der Waals surface area (Å²) < 4.78 is 88.7. The molecule has 5 aromatic carbocycles. The van der Waals surface area contributed by atoms with Gasteiger partial charge in [-0.3, -0.25) is 18.7 Å². The lowest BCUT2D eigenvalue weighted by Crippen LogP contribution is -2.46. The molecule has 0 aliphatic carbocycles. The van der Waals surface area contributed by atoms with Crippen molar-refractivity contribution in [1.82, 2.24) is 10.2 Å². The smallest absolute Gasteiger partial charge is 0.402 e. The van der Waals surface area contributed by atoms with Crippen LogP contribution in [0.1, 0.15) is 51.1 Å². The summed E-state index contributed by atoms with van der Waals surface area (Å²) in [6.45, 7) is 0.426. The number of urea groups is 1. The Kier molecular flexibility index (Phi) is 11.7. The summed E-state index contributed by atoms with van der Waals surface area (Å²) in [7, 11) is -2.87. The molecular weight excluding hydrogens is 749 g/mol. The molecule has 0 radical (unpaired) electrons. The van der Waals surface area contributed by atoms with Crippen LogP contribution in [0, 0.1) is 23.3 Å². The number of nitrogens with zero attached hydrogens (tertiary/aromatic N) is 2. The van der Waals surface area contributed by atoms with Crippen LogP contribution >= 0.6 is 19.4 Å². The van der Waals surface area contributed by atoms with E-state index in [1.54, 1.807) is 68.6 Å². The average molecular weight is 782 g/mol. The topological polar surface area (TPSA) is 97.4 Å². The van der Waals surface area contributed by atoms with Crippen LogP contribution < -0.4 is 14.7 Å². The maximum absolute atomic E-state index is 15.6. The van der Waals surface area contributed by atoms with Gasteiger partial charge < -0.3 is 14.7 Å². The van der Waals surface area contributed by atoms with E-state index in [4.69, 9.17) is 25.2 Å². The highest BCUT2D eigenvalue weighted by Gasteiger charge is 2.36. The molecule has 1 N–H and O–H groups in total. The Labute approximate surface area is 313 Å². The molecule has 0 unspecified atom stereocenters. The molecule has 0 bridgehead atoms. The first kappa shape index (κ1) is 38.5. The number of halogens is 5. The number of rotatable bonds is 13. The van der Waals surface area contributed by atoms with Gasteiger partial charge in [0, 0.05) is 42.4 Å². The molecule has 6 rings (SSSR count). The number of anilines is 1. The maximum Gasteiger partial charge on any atom is 0.530 e. The standard InChI is InChI=1S/C39H33ClF4N3O6P/c1-24-29-14-13-27(38(48)45-20-30-33(43)18-28(41)19-34(30)44)17-35(29)47(39(49)46(24)2)21-31-32(42)15-16-36(37(31)40)53-54(50,51-22-25-9-5-3-6-10-25)52-23-26-11-7-4-8-12-26/h3-19,24H,20-23H2,1-2H3,(H,45,48)/t24-/m0/s1. The molecule has 5 aromatic rings. The minimum absolute atomic E-state index is 0.0157. The zero-order valence-corrected chi connectivity index (χ0v) is 30.6. The average Bonchev–Trinajstić information content (AvgIpc) is 3.16. The van der Waals surface area contributed by atoms with Gasteiger partial charge in [-0.25, -0.2) is 26.9 Å². The van der Waals surface area contributed by atoms with Gasteiger partial charge in [-0.2, -0.15) is 0 Å². The van der Waals surface area contributed by atoms with Gasteiger partial charge >= 0.3 is 13.9 Å². The Hall–Kier alpha value is -5.20. The molecule has 0 saturated heterocycles. The highest BCUT2D eigenvalue weighted by Crippen LogP contribution is 2.53. The molecule has 15 heteroatoms.